The fourth-order valence-corrected chi connectivity index (χ4v) is 4.41. The molecular weight excluding hydrogens is 462 g/mol. The van der Waals surface area contributed by atoms with Gasteiger partial charge in [0.25, 0.3) is 5.91 Å². The standard InChI is InChI=1S/C27H23N3O4S/c1-17-25(35-27(29-17)20-10-11-23(32-2)24(13-20)33-3)26(31)30-21-8-5-9-22(14-21)34-16-19-7-4-6-18(12-19)15-28/h4-14H,16H2,1-3H3,(H,30,31). The molecule has 1 aromatic heterocycles. The molecule has 1 heterocycles. The van der Waals surface area contributed by atoms with Crippen molar-refractivity contribution in [2.24, 2.45) is 0 Å². The molecule has 0 aliphatic heterocycles. The number of aryl methyl sites for hydroxylation is 1. The second-order valence-electron chi connectivity index (χ2n) is 7.59. The van der Waals surface area contributed by atoms with Crippen LogP contribution in [0.5, 0.6) is 17.2 Å². The zero-order valence-electron chi connectivity index (χ0n) is 19.5. The van der Waals surface area contributed by atoms with Crippen LogP contribution >= 0.6 is 11.3 Å². The summed E-state index contributed by atoms with van der Waals surface area (Å²) in [5.41, 5.74) is 3.56. The average Bonchev–Trinajstić information content (AvgIpc) is 3.29. The number of ether oxygens (including phenoxy) is 3. The lowest BCUT2D eigenvalue weighted by atomic mass is 10.1. The number of rotatable bonds is 8. The summed E-state index contributed by atoms with van der Waals surface area (Å²) >= 11 is 1.31. The Kier molecular flexibility index (Phi) is 7.29. The molecule has 1 amide bonds. The molecule has 1 N–H and O–H groups in total. The normalized spacial score (nSPS) is 10.3. The monoisotopic (exact) mass is 485 g/mol. The zero-order valence-corrected chi connectivity index (χ0v) is 20.3. The lowest BCUT2D eigenvalue weighted by molar-refractivity contribution is 0.103. The molecule has 176 valence electrons. The molecule has 0 spiro atoms. The van der Waals surface area contributed by atoms with Gasteiger partial charge in [-0.05, 0) is 55.0 Å². The minimum atomic E-state index is -0.245. The van der Waals surface area contributed by atoms with Gasteiger partial charge in [-0.15, -0.1) is 11.3 Å². The van der Waals surface area contributed by atoms with Gasteiger partial charge in [-0.3, -0.25) is 4.79 Å². The largest absolute Gasteiger partial charge is 0.493 e. The lowest BCUT2D eigenvalue weighted by Gasteiger charge is -2.09. The summed E-state index contributed by atoms with van der Waals surface area (Å²) < 4.78 is 16.5. The Morgan fingerprint density at radius 2 is 1.83 bits per heavy atom. The molecule has 7 nitrogen and oxygen atoms in total. The number of methoxy groups -OCH3 is 2. The summed E-state index contributed by atoms with van der Waals surface area (Å²) in [6.07, 6.45) is 0. The van der Waals surface area contributed by atoms with Gasteiger partial charge in [0.2, 0.25) is 0 Å². The first kappa shape index (κ1) is 23.8. The number of aromatic nitrogens is 1. The molecule has 0 unspecified atom stereocenters. The smallest absolute Gasteiger partial charge is 0.267 e. The summed E-state index contributed by atoms with van der Waals surface area (Å²) in [6.45, 7) is 2.13. The average molecular weight is 486 g/mol. The Bertz CT molecular complexity index is 1410. The minimum Gasteiger partial charge on any atom is -0.493 e. The first-order valence-electron chi connectivity index (χ1n) is 10.7. The number of hydrogen-bond donors (Lipinski definition) is 1. The van der Waals surface area contributed by atoms with Gasteiger partial charge in [0.15, 0.2) is 11.5 Å². The molecule has 0 atom stereocenters. The SMILES string of the molecule is COc1ccc(-c2nc(C)c(C(=O)Nc3cccc(OCc4cccc(C#N)c4)c3)s2)cc1OC. The molecule has 8 heteroatoms. The maximum Gasteiger partial charge on any atom is 0.267 e. The van der Waals surface area contributed by atoms with Gasteiger partial charge in [0.05, 0.1) is 31.5 Å². The summed E-state index contributed by atoms with van der Waals surface area (Å²) in [5, 5.41) is 12.7. The van der Waals surface area contributed by atoms with Crippen molar-refractivity contribution in [3.8, 4) is 33.9 Å². The van der Waals surface area contributed by atoms with E-state index in [1.807, 2.05) is 49.4 Å². The van der Waals surface area contributed by atoms with Crippen molar-refractivity contribution in [3.63, 3.8) is 0 Å². The van der Waals surface area contributed by atoms with E-state index in [1.54, 1.807) is 38.5 Å². The summed E-state index contributed by atoms with van der Waals surface area (Å²) in [4.78, 5) is 18.1. The molecule has 0 fully saturated rings. The predicted octanol–water partition coefficient (Wildman–Crippen LogP) is 5.84. The van der Waals surface area contributed by atoms with Gasteiger partial charge < -0.3 is 19.5 Å². The van der Waals surface area contributed by atoms with E-state index in [4.69, 9.17) is 19.5 Å². The Hall–Kier alpha value is -4.35. The fraction of sp³-hybridized carbons (Fsp3) is 0.148. The number of nitriles is 1. The van der Waals surface area contributed by atoms with Gasteiger partial charge in [-0.2, -0.15) is 5.26 Å². The molecule has 4 aromatic rings. The van der Waals surface area contributed by atoms with E-state index in [1.165, 1.54) is 11.3 Å². The molecule has 0 aliphatic carbocycles. The molecule has 0 radical (unpaired) electrons. The van der Waals surface area contributed by atoms with Crippen LogP contribution in [0, 0.1) is 18.3 Å². The summed E-state index contributed by atoms with van der Waals surface area (Å²) in [7, 11) is 3.16. The Labute approximate surface area is 207 Å². The van der Waals surface area contributed by atoms with Crippen LogP contribution in [0.4, 0.5) is 5.69 Å². The Balaban J connectivity index is 1.47. The molecule has 35 heavy (non-hydrogen) atoms. The van der Waals surface area contributed by atoms with Crippen LogP contribution in [-0.2, 0) is 6.61 Å². The number of carbonyl (C=O) groups excluding carboxylic acids is 1. The molecule has 0 bridgehead atoms. The first-order valence-corrected chi connectivity index (χ1v) is 11.6. The van der Waals surface area contributed by atoms with Gasteiger partial charge in [-0.25, -0.2) is 4.98 Å². The van der Waals surface area contributed by atoms with Crippen LogP contribution in [0.2, 0.25) is 0 Å². The maximum atomic E-state index is 13.0. The van der Waals surface area contributed by atoms with E-state index in [0.29, 0.717) is 50.7 Å². The number of nitrogens with zero attached hydrogens (tertiary/aromatic N) is 2. The van der Waals surface area contributed by atoms with Crippen LogP contribution in [0.3, 0.4) is 0 Å². The minimum absolute atomic E-state index is 0.245. The third kappa shape index (κ3) is 5.60. The quantitative estimate of drug-likeness (QED) is 0.337. The fourth-order valence-electron chi connectivity index (χ4n) is 3.45. The maximum absolute atomic E-state index is 13.0. The second kappa shape index (κ2) is 10.7. The lowest BCUT2D eigenvalue weighted by Crippen LogP contribution is -2.11. The summed E-state index contributed by atoms with van der Waals surface area (Å²) in [5.74, 6) is 1.59. The van der Waals surface area contributed by atoms with Crippen molar-refractivity contribution in [1.82, 2.24) is 4.98 Å². The third-order valence-electron chi connectivity index (χ3n) is 5.19. The Morgan fingerprint density at radius 1 is 1.03 bits per heavy atom. The number of carbonyl (C=O) groups is 1. The molecule has 0 aliphatic rings. The number of thiazole rings is 1. The van der Waals surface area contributed by atoms with Gasteiger partial charge in [-0.1, -0.05) is 18.2 Å². The van der Waals surface area contributed by atoms with Crippen LogP contribution in [-0.4, -0.2) is 25.1 Å². The number of hydrogen-bond acceptors (Lipinski definition) is 7. The number of amides is 1. The second-order valence-corrected chi connectivity index (χ2v) is 8.59. The highest BCUT2D eigenvalue weighted by Crippen LogP contribution is 2.35. The molecule has 0 saturated heterocycles. The van der Waals surface area contributed by atoms with Crippen LogP contribution < -0.4 is 19.5 Å². The Morgan fingerprint density at radius 3 is 2.60 bits per heavy atom. The van der Waals surface area contributed by atoms with Crippen molar-refractivity contribution < 1.29 is 19.0 Å². The van der Waals surface area contributed by atoms with Gasteiger partial charge in [0, 0.05) is 17.3 Å². The van der Waals surface area contributed by atoms with Crippen molar-refractivity contribution in [2.75, 3.05) is 19.5 Å². The highest BCUT2D eigenvalue weighted by Gasteiger charge is 2.18. The van der Waals surface area contributed by atoms with Crippen LogP contribution in [0.1, 0.15) is 26.5 Å². The van der Waals surface area contributed by atoms with Crippen LogP contribution in [0.25, 0.3) is 10.6 Å². The predicted molar refractivity (Wildman–Crippen MR) is 135 cm³/mol. The number of anilines is 1. The van der Waals surface area contributed by atoms with Gasteiger partial charge in [0.1, 0.15) is 22.2 Å². The highest BCUT2D eigenvalue weighted by atomic mass is 32.1. The topological polar surface area (TPSA) is 93.5 Å². The van der Waals surface area contributed by atoms with E-state index in [-0.39, 0.29) is 5.91 Å². The highest BCUT2D eigenvalue weighted by molar-refractivity contribution is 7.17. The van der Waals surface area contributed by atoms with Crippen LogP contribution in [0.15, 0.2) is 66.7 Å². The molecule has 3 aromatic carbocycles. The van der Waals surface area contributed by atoms with Crippen molar-refractivity contribution >= 4 is 22.9 Å². The van der Waals surface area contributed by atoms with E-state index in [9.17, 15) is 4.79 Å². The molecule has 4 rings (SSSR count). The zero-order chi connectivity index (χ0) is 24.8. The molecule has 0 saturated carbocycles. The number of nitrogens with one attached hydrogen (secondary N) is 1. The van der Waals surface area contributed by atoms with E-state index in [2.05, 4.69) is 16.4 Å². The number of benzene rings is 3. The van der Waals surface area contributed by atoms with E-state index < -0.39 is 0 Å². The molecular formula is C27H23N3O4S. The van der Waals surface area contributed by atoms with Crippen molar-refractivity contribution in [2.45, 2.75) is 13.5 Å². The third-order valence-corrected chi connectivity index (χ3v) is 6.39. The van der Waals surface area contributed by atoms with Gasteiger partial charge >= 0.3 is 0 Å². The van der Waals surface area contributed by atoms with E-state index in [0.717, 1.165) is 11.1 Å². The van der Waals surface area contributed by atoms with Crippen molar-refractivity contribution in [3.05, 3.63) is 88.4 Å². The van der Waals surface area contributed by atoms with E-state index >= 15 is 0 Å². The summed E-state index contributed by atoms with van der Waals surface area (Å²) in [6, 6.07) is 22.1. The first-order chi connectivity index (χ1) is 17.0. The van der Waals surface area contributed by atoms with Crippen molar-refractivity contribution in [1.29, 1.82) is 5.26 Å².